The molecule has 0 aliphatic carbocycles. The van der Waals surface area contributed by atoms with E-state index >= 15 is 0 Å². The van der Waals surface area contributed by atoms with Crippen molar-refractivity contribution in [2.75, 3.05) is 7.11 Å². The molecule has 0 spiro atoms. The lowest BCUT2D eigenvalue weighted by Crippen LogP contribution is -1.99. The molecule has 0 fully saturated rings. The third-order valence-electron chi connectivity index (χ3n) is 4.06. The SMILES string of the molecule is COc1cccc(COCc2ccccc2)c1-c1c(O)ccc(Br)c1O. The summed E-state index contributed by atoms with van der Waals surface area (Å²) in [6.07, 6.45) is 0. The molecule has 0 atom stereocenters. The molecule has 2 N–H and O–H groups in total. The van der Waals surface area contributed by atoms with Crippen molar-refractivity contribution in [3.05, 3.63) is 76.3 Å². The van der Waals surface area contributed by atoms with Crippen molar-refractivity contribution < 1.29 is 19.7 Å². The highest BCUT2D eigenvalue weighted by Gasteiger charge is 2.20. The van der Waals surface area contributed by atoms with Crippen LogP contribution in [-0.2, 0) is 18.0 Å². The van der Waals surface area contributed by atoms with Gasteiger partial charge >= 0.3 is 0 Å². The van der Waals surface area contributed by atoms with Gasteiger partial charge in [-0.25, -0.2) is 0 Å². The number of hydrogen-bond acceptors (Lipinski definition) is 4. The number of hydrogen-bond donors (Lipinski definition) is 2. The molecule has 0 aromatic heterocycles. The number of rotatable bonds is 6. The summed E-state index contributed by atoms with van der Waals surface area (Å²) in [7, 11) is 1.56. The summed E-state index contributed by atoms with van der Waals surface area (Å²) >= 11 is 3.30. The Kier molecular flexibility index (Phi) is 5.81. The third-order valence-corrected chi connectivity index (χ3v) is 4.70. The fraction of sp³-hybridized carbons (Fsp3) is 0.143. The van der Waals surface area contributed by atoms with Gasteiger partial charge in [0.2, 0.25) is 0 Å². The zero-order chi connectivity index (χ0) is 18.5. The van der Waals surface area contributed by atoms with Crippen LogP contribution in [0.4, 0.5) is 0 Å². The molecule has 3 aromatic carbocycles. The van der Waals surface area contributed by atoms with Crippen molar-refractivity contribution in [1.29, 1.82) is 0 Å². The fourth-order valence-corrected chi connectivity index (χ4v) is 3.14. The number of halogens is 1. The van der Waals surface area contributed by atoms with E-state index in [9.17, 15) is 10.2 Å². The Morgan fingerprint density at radius 3 is 2.35 bits per heavy atom. The maximum atomic E-state index is 10.5. The Hall–Kier alpha value is -2.50. The smallest absolute Gasteiger partial charge is 0.141 e. The van der Waals surface area contributed by atoms with Crippen LogP contribution < -0.4 is 4.74 Å². The zero-order valence-corrected chi connectivity index (χ0v) is 15.9. The van der Waals surface area contributed by atoms with E-state index in [1.165, 1.54) is 6.07 Å². The summed E-state index contributed by atoms with van der Waals surface area (Å²) in [6, 6.07) is 18.5. The maximum absolute atomic E-state index is 10.5. The molecule has 3 rings (SSSR count). The van der Waals surface area contributed by atoms with Gasteiger partial charge in [0.15, 0.2) is 0 Å². The molecule has 0 saturated heterocycles. The van der Waals surface area contributed by atoms with E-state index in [-0.39, 0.29) is 11.5 Å². The van der Waals surface area contributed by atoms with Gasteiger partial charge in [0.1, 0.15) is 17.2 Å². The molecule has 0 heterocycles. The first-order valence-electron chi connectivity index (χ1n) is 8.10. The predicted molar refractivity (Wildman–Crippen MR) is 104 cm³/mol. The highest BCUT2D eigenvalue weighted by Crippen LogP contribution is 2.46. The molecule has 0 aliphatic heterocycles. The van der Waals surface area contributed by atoms with Crippen molar-refractivity contribution in [3.63, 3.8) is 0 Å². The molecule has 0 unspecified atom stereocenters. The molecule has 3 aromatic rings. The quantitative estimate of drug-likeness (QED) is 0.577. The second kappa shape index (κ2) is 8.25. The average Bonchev–Trinajstić information content (AvgIpc) is 2.66. The van der Waals surface area contributed by atoms with Crippen LogP contribution in [0.3, 0.4) is 0 Å². The van der Waals surface area contributed by atoms with E-state index in [0.29, 0.717) is 34.6 Å². The monoisotopic (exact) mass is 414 g/mol. The largest absolute Gasteiger partial charge is 0.507 e. The number of methoxy groups -OCH3 is 1. The van der Waals surface area contributed by atoms with Crippen LogP contribution in [0, 0.1) is 0 Å². The van der Waals surface area contributed by atoms with E-state index in [4.69, 9.17) is 9.47 Å². The summed E-state index contributed by atoms with van der Waals surface area (Å²) in [5.74, 6) is 0.479. The molecule has 0 amide bonds. The number of benzene rings is 3. The second-order valence-corrected chi connectivity index (χ2v) is 6.62. The highest BCUT2D eigenvalue weighted by molar-refractivity contribution is 9.10. The second-order valence-electron chi connectivity index (χ2n) is 5.76. The highest BCUT2D eigenvalue weighted by atomic mass is 79.9. The lowest BCUT2D eigenvalue weighted by molar-refractivity contribution is 0.107. The van der Waals surface area contributed by atoms with Gasteiger partial charge in [-0.1, -0.05) is 42.5 Å². The van der Waals surface area contributed by atoms with Crippen molar-refractivity contribution in [3.8, 4) is 28.4 Å². The molecule has 0 bridgehead atoms. The van der Waals surface area contributed by atoms with Crippen molar-refractivity contribution >= 4 is 15.9 Å². The lowest BCUT2D eigenvalue weighted by atomic mass is 9.97. The molecule has 134 valence electrons. The normalized spacial score (nSPS) is 10.7. The van der Waals surface area contributed by atoms with Crippen LogP contribution in [0.2, 0.25) is 0 Å². The minimum atomic E-state index is -0.0428. The Balaban J connectivity index is 1.96. The number of phenolic OH excluding ortho intramolecular Hbond substituents is 2. The third kappa shape index (κ3) is 3.84. The number of phenols is 2. The molecule has 26 heavy (non-hydrogen) atoms. The van der Waals surface area contributed by atoms with Gasteiger partial charge in [0.25, 0.3) is 0 Å². The van der Waals surface area contributed by atoms with Crippen LogP contribution in [0.25, 0.3) is 11.1 Å². The van der Waals surface area contributed by atoms with Gasteiger partial charge in [0.05, 0.1) is 30.4 Å². The lowest BCUT2D eigenvalue weighted by Gasteiger charge is -2.17. The van der Waals surface area contributed by atoms with Crippen LogP contribution in [-0.4, -0.2) is 17.3 Å². The summed E-state index contributed by atoms with van der Waals surface area (Å²) < 4.78 is 11.8. The Labute approximate surface area is 160 Å². The summed E-state index contributed by atoms with van der Waals surface area (Å²) in [5.41, 5.74) is 2.81. The average molecular weight is 415 g/mol. The fourth-order valence-electron chi connectivity index (χ4n) is 2.81. The first-order chi connectivity index (χ1) is 12.6. The number of ether oxygens (including phenoxy) is 2. The number of aromatic hydroxyl groups is 2. The van der Waals surface area contributed by atoms with E-state index in [1.54, 1.807) is 19.2 Å². The predicted octanol–water partition coefficient (Wildman–Crippen LogP) is 5.25. The summed E-state index contributed by atoms with van der Waals surface area (Å²) in [5, 5.41) is 20.8. The molecule has 4 nitrogen and oxygen atoms in total. The molecule has 0 radical (unpaired) electrons. The van der Waals surface area contributed by atoms with E-state index in [1.807, 2.05) is 42.5 Å². The van der Waals surface area contributed by atoms with Crippen LogP contribution in [0.15, 0.2) is 65.1 Å². The van der Waals surface area contributed by atoms with Crippen LogP contribution in [0.5, 0.6) is 17.2 Å². The Bertz CT molecular complexity index is 894. The molecule has 5 heteroatoms. The van der Waals surface area contributed by atoms with Gasteiger partial charge in [0, 0.05) is 5.56 Å². The van der Waals surface area contributed by atoms with Crippen molar-refractivity contribution in [2.45, 2.75) is 13.2 Å². The minimum Gasteiger partial charge on any atom is -0.507 e. The molecule has 0 saturated carbocycles. The van der Waals surface area contributed by atoms with E-state index in [0.717, 1.165) is 11.1 Å². The first-order valence-corrected chi connectivity index (χ1v) is 8.89. The van der Waals surface area contributed by atoms with Gasteiger partial charge in [-0.2, -0.15) is 0 Å². The standard InChI is InChI=1S/C21H19BrO4/c1-25-18-9-5-8-15(13-26-12-14-6-3-2-4-7-14)19(18)20-17(23)11-10-16(22)21(20)24/h2-11,23-24H,12-13H2,1H3. The summed E-state index contributed by atoms with van der Waals surface area (Å²) in [6.45, 7) is 0.779. The van der Waals surface area contributed by atoms with Crippen molar-refractivity contribution in [2.24, 2.45) is 0 Å². The van der Waals surface area contributed by atoms with E-state index < -0.39 is 0 Å². The topological polar surface area (TPSA) is 58.9 Å². The Morgan fingerprint density at radius 1 is 0.846 bits per heavy atom. The zero-order valence-electron chi connectivity index (χ0n) is 14.3. The van der Waals surface area contributed by atoms with Gasteiger partial charge < -0.3 is 19.7 Å². The van der Waals surface area contributed by atoms with Gasteiger partial charge in [-0.15, -0.1) is 0 Å². The molecular formula is C21H19BrO4. The Morgan fingerprint density at radius 2 is 1.62 bits per heavy atom. The maximum Gasteiger partial charge on any atom is 0.141 e. The van der Waals surface area contributed by atoms with Crippen LogP contribution >= 0.6 is 15.9 Å². The first kappa shape index (κ1) is 18.3. The summed E-state index contributed by atoms with van der Waals surface area (Å²) in [4.78, 5) is 0. The van der Waals surface area contributed by atoms with Gasteiger partial charge in [-0.3, -0.25) is 0 Å². The minimum absolute atomic E-state index is 0.0282. The van der Waals surface area contributed by atoms with E-state index in [2.05, 4.69) is 15.9 Å². The van der Waals surface area contributed by atoms with Crippen molar-refractivity contribution in [1.82, 2.24) is 0 Å². The molecular weight excluding hydrogens is 396 g/mol. The van der Waals surface area contributed by atoms with Crippen LogP contribution in [0.1, 0.15) is 11.1 Å². The van der Waals surface area contributed by atoms with Gasteiger partial charge in [-0.05, 0) is 45.3 Å². The molecule has 0 aliphatic rings.